The van der Waals surface area contributed by atoms with Gasteiger partial charge in [0.25, 0.3) is 0 Å². The Kier molecular flexibility index (Phi) is 8.22. The van der Waals surface area contributed by atoms with Gasteiger partial charge in [-0.05, 0) is 51.7 Å². The Morgan fingerprint density at radius 2 is 2.04 bits per heavy atom. The van der Waals surface area contributed by atoms with Gasteiger partial charge in [-0.2, -0.15) is 0 Å². The molecule has 1 aromatic rings. The molecule has 0 radical (unpaired) electrons. The number of benzene rings is 1. The quantitative estimate of drug-likeness (QED) is 0.722. The fourth-order valence-electron chi connectivity index (χ4n) is 2.37. The Morgan fingerprint density at radius 1 is 1.36 bits per heavy atom. The zero-order valence-electron chi connectivity index (χ0n) is 15.1. The second kappa shape index (κ2) is 9.65. The van der Waals surface area contributed by atoms with Gasteiger partial charge in [0.1, 0.15) is 5.60 Å². The number of alkyl carbamates (subject to hydrolysis) is 1. The first kappa shape index (κ1) is 21.3. The minimum atomic E-state index is -0.774. The third kappa shape index (κ3) is 7.77. The Labute approximate surface area is 153 Å². The number of carbonyl (C=O) groups is 1. The molecule has 4 nitrogen and oxygen atoms in total. The summed E-state index contributed by atoms with van der Waals surface area (Å²) in [5.41, 5.74) is 0.0669. The van der Waals surface area contributed by atoms with Gasteiger partial charge in [-0.25, -0.2) is 13.6 Å². The summed E-state index contributed by atoms with van der Waals surface area (Å²) in [4.78, 5) is 11.3. The van der Waals surface area contributed by atoms with E-state index in [1.165, 1.54) is 7.05 Å². The molecule has 1 aromatic carbocycles. The predicted octanol–water partition coefficient (Wildman–Crippen LogP) is 4.29. The summed E-state index contributed by atoms with van der Waals surface area (Å²) < 4.78 is 31.5. The number of halogens is 2. The maximum absolute atomic E-state index is 13.6. The van der Waals surface area contributed by atoms with E-state index in [1.807, 2.05) is 20.8 Å². The average Bonchev–Trinajstić information content (AvgIpc) is 2.74. The Hall–Kier alpha value is -1.76. The zero-order chi connectivity index (χ0) is 19.0. The van der Waals surface area contributed by atoms with Crippen molar-refractivity contribution in [3.05, 3.63) is 35.4 Å². The van der Waals surface area contributed by atoms with Crippen LogP contribution in [0.1, 0.15) is 51.5 Å². The maximum Gasteiger partial charge on any atom is 0.407 e. The van der Waals surface area contributed by atoms with Crippen LogP contribution in [0, 0.1) is 11.6 Å². The molecule has 0 aliphatic carbocycles. The molecule has 1 aliphatic heterocycles. The van der Waals surface area contributed by atoms with Crippen LogP contribution in [0.3, 0.4) is 0 Å². The van der Waals surface area contributed by atoms with E-state index in [4.69, 9.17) is 17.0 Å². The van der Waals surface area contributed by atoms with E-state index in [9.17, 15) is 13.6 Å². The van der Waals surface area contributed by atoms with Gasteiger partial charge in [0.05, 0.1) is 4.99 Å². The van der Waals surface area contributed by atoms with Gasteiger partial charge in [-0.15, -0.1) is 0 Å². The van der Waals surface area contributed by atoms with Crippen LogP contribution in [0.25, 0.3) is 0 Å². The molecule has 1 aliphatic rings. The fourth-order valence-corrected chi connectivity index (χ4v) is 2.59. The zero-order valence-corrected chi connectivity index (χ0v) is 15.9. The summed E-state index contributed by atoms with van der Waals surface area (Å²) in [5.74, 6) is -1.48. The molecule has 1 amide bonds. The van der Waals surface area contributed by atoms with Gasteiger partial charge < -0.3 is 15.4 Å². The van der Waals surface area contributed by atoms with Crippen LogP contribution in [0.2, 0.25) is 0 Å². The number of thiocarbonyl (C=S) groups is 1. The Balaban J connectivity index is 0.000000299. The van der Waals surface area contributed by atoms with Crippen molar-refractivity contribution >= 4 is 23.3 Å². The molecule has 1 unspecified atom stereocenters. The van der Waals surface area contributed by atoms with Crippen LogP contribution >= 0.6 is 12.2 Å². The van der Waals surface area contributed by atoms with Gasteiger partial charge in [0.2, 0.25) is 0 Å². The molecular formula is C18H26F2N2O2S. The first-order chi connectivity index (χ1) is 11.6. The van der Waals surface area contributed by atoms with E-state index in [-0.39, 0.29) is 17.6 Å². The Morgan fingerprint density at radius 3 is 2.60 bits per heavy atom. The molecule has 1 atom stereocenters. The molecule has 0 spiro atoms. The molecule has 1 saturated heterocycles. The smallest absolute Gasteiger partial charge is 0.407 e. The second-order valence-corrected chi connectivity index (χ2v) is 7.28. The summed E-state index contributed by atoms with van der Waals surface area (Å²) in [6.45, 7) is 6.06. The highest BCUT2D eigenvalue weighted by molar-refractivity contribution is 7.80. The average molecular weight is 372 g/mol. The van der Waals surface area contributed by atoms with Crippen molar-refractivity contribution in [2.24, 2.45) is 0 Å². The number of rotatable bonds is 1. The fraction of sp³-hybridized carbons (Fsp3) is 0.556. The number of ether oxygens (including phenoxy) is 1. The summed E-state index contributed by atoms with van der Waals surface area (Å²) in [6, 6.07) is 4.35. The monoisotopic (exact) mass is 372 g/mol. The van der Waals surface area contributed by atoms with Crippen LogP contribution in [0.5, 0.6) is 0 Å². The van der Waals surface area contributed by atoms with Crippen molar-refractivity contribution in [3.63, 3.8) is 0 Å². The van der Waals surface area contributed by atoms with E-state index in [0.717, 1.165) is 30.3 Å². The van der Waals surface area contributed by atoms with Gasteiger partial charge in [0.15, 0.2) is 11.6 Å². The molecular weight excluding hydrogens is 346 g/mol. The number of nitrogens with one attached hydrogen (secondary N) is 2. The Bertz CT molecular complexity index is 603. The van der Waals surface area contributed by atoms with E-state index < -0.39 is 11.6 Å². The molecule has 0 saturated carbocycles. The number of hydrogen-bond acceptors (Lipinski definition) is 3. The first-order valence-electron chi connectivity index (χ1n) is 8.25. The van der Waals surface area contributed by atoms with Crippen molar-refractivity contribution in [1.29, 1.82) is 0 Å². The molecule has 7 heteroatoms. The van der Waals surface area contributed by atoms with Crippen LogP contribution < -0.4 is 10.6 Å². The molecule has 0 aromatic heterocycles. The van der Waals surface area contributed by atoms with E-state index in [0.29, 0.717) is 12.1 Å². The van der Waals surface area contributed by atoms with Crippen molar-refractivity contribution in [1.82, 2.24) is 10.6 Å². The largest absolute Gasteiger partial charge is 0.444 e. The number of amides is 1. The molecule has 0 bridgehead atoms. The highest BCUT2D eigenvalue weighted by atomic mass is 32.1. The number of hydrogen-bond donors (Lipinski definition) is 2. The van der Waals surface area contributed by atoms with E-state index in [2.05, 4.69) is 10.6 Å². The first-order valence-corrected chi connectivity index (χ1v) is 8.66. The lowest BCUT2D eigenvalue weighted by atomic mass is 9.94. The lowest BCUT2D eigenvalue weighted by molar-refractivity contribution is 0.0541. The van der Waals surface area contributed by atoms with Crippen molar-refractivity contribution in [2.75, 3.05) is 13.6 Å². The third-order valence-corrected chi connectivity index (χ3v) is 3.87. The number of carbonyl (C=O) groups excluding carboxylic acids is 1. The van der Waals surface area contributed by atoms with Crippen LogP contribution in [0.4, 0.5) is 13.6 Å². The summed E-state index contributed by atoms with van der Waals surface area (Å²) in [6.07, 6.45) is 2.21. The van der Waals surface area contributed by atoms with E-state index in [1.54, 1.807) is 12.1 Å². The second-order valence-electron chi connectivity index (χ2n) is 6.79. The standard InChI is InChI=1S/C12H13F2NS.C6H13NO2/c13-10-5-2-4-9(12(10)14)8-3-1-6-11(16)15-7-8;1-6(2,3)9-5(8)7-4/h2,4-5,8H,1,3,6-7H2,(H,15,16);1-4H3,(H,7,8). The van der Waals surface area contributed by atoms with Crippen LogP contribution in [-0.4, -0.2) is 30.3 Å². The molecule has 2 rings (SSSR count). The highest BCUT2D eigenvalue weighted by Gasteiger charge is 2.20. The van der Waals surface area contributed by atoms with Crippen molar-refractivity contribution in [3.8, 4) is 0 Å². The molecule has 140 valence electrons. The predicted molar refractivity (Wildman–Crippen MR) is 98.8 cm³/mol. The van der Waals surface area contributed by atoms with Crippen LogP contribution in [-0.2, 0) is 4.74 Å². The minimum Gasteiger partial charge on any atom is -0.444 e. The van der Waals surface area contributed by atoms with Crippen LogP contribution in [0.15, 0.2) is 18.2 Å². The van der Waals surface area contributed by atoms with E-state index >= 15 is 0 Å². The molecule has 1 fully saturated rings. The lowest BCUT2D eigenvalue weighted by Crippen LogP contribution is -2.30. The van der Waals surface area contributed by atoms with Gasteiger partial charge in [0, 0.05) is 19.5 Å². The topological polar surface area (TPSA) is 50.4 Å². The highest BCUT2D eigenvalue weighted by Crippen LogP contribution is 2.27. The third-order valence-electron chi connectivity index (χ3n) is 3.53. The maximum atomic E-state index is 13.6. The molecule has 1 heterocycles. The summed E-state index contributed by atoms with van der Waals surface area (Å²) >= 11 is 5.07. The SMILES string of the molecule is CNC(=O)OC(C)(C)C.Fc1cccc(C2CCCC(=S)NC2)c1F. The molecule has 2 N–H and O–H groups in total. The normalized spacial score (nSPS) is 17.5. The summed E-state index contributed by atoms with van der Waals surface area (Å²) in [7, 11) is 1.54. The van der Waals surface area contributed by atoms with Crippen molar-refractivity contribution in [2.45, 2.75) is 51.6 Å². The minimum absolute atomic E-state index is 0.0103. The molecule has 25 heavy (non-hydrogen) atoms. The summed E-state index contributed by atoms with van der Waals surface area (Å²) in [5, 5.41) is 5.44. The van der Waals surface area contributed by atoms with Gasteiger partial charge in [-0.3, -0.25) is 0 Å². The van der Waals surface area contributed by atoms with Gasteiger partial charge in [-0.1, -0.05) is 24.4 Å². The lowest BCUT2D eigenvalue weighted by Gasteiger charge is -2.18. The van der Waals surface area contributed by atoms with Crippen molar-refractivity contribution < 1.29 is 18.3 Å². The van der Waals surface area contributed by atoms with Gasteiger partial charge >= 0.3 is 6.09 Å².